The van der Waals surface area contributed by atoms with Crippen molar-refractivity contribution < 1.29 is 14.7 Å². The monoisotopic (exact) mass is 235 g/mol. The summed E-state index contributed by atoms with van der Waals surface area (Å²) in [4.78, 5) is 22.0. The second-order valence-electron chi connectivity index (χ2n) is 4.04. The van der Waals surface area contributed by atoms with Gasteiger partial charge in [-0.15, -0.1) is 0 Å². The van der Waals surface area contributed by atoms with Crippen LogP contribution in [0, 0.1) is 5.92 Å². The van der Waals surface area contributed by atoms with Gasteiger partial charge in [-0.25, -0.2) is 0 Å². The molecule has 0 radical (unpaired) electrons. The van der Waals surface area contributed by atoms with Gasteiger partial charge in [0, 0.05) is 13.0 Å². The molecule has 0 spiro atoms. The molecule has 92 valence electrons. The van der Waals surface area contributed by atoms with Crippen molar-refractivity contribution in [2.24, 2.45) is 5.92 Å². The second-order valence-corrected chi connectivity index (χ2v) is 4.04. The summed E-state index contributed by atoms with van der Waals surface area (Å²) in [7, 11) is 0. The second kappa shape index (κ2) is 6.68. The molecule has 17 heavy (non-hydrogen) atoms. The van der Waals surface area contributed by atoms with Gasteiger partial charge in [0.05, 0.1) is 5.92 Å². The maximum Gasteiger partial charge on any atom is 0.306 e. The van der Waals surface area contributed by atoms with Crippen molar-refractivity contribution in [2.75, 3.05) is 0 Å². The van der Waals surface area contributed by atoms with E-state index in [0.29, 0.717) is 13.0 Å². The summed E-state index contributed by atoms with van der Waals surface area (Å²) in [5, 5.41) is 11.4. The van der Waals surface area contributed by atoms with Crippen LogP contribution in [0.4, 0.5) is 0 Å². The number of amides is 1. The van der Waals surface area contributed by atoms with Gasteiger partial charge in [-0.1, -0.05) is 37.3 Å². The molecule has 0 aliphatic heterocycles. The molecule has 1 unspecified atom stereocenters. The molecule has 1 aromatic carbocycles. The van der Waals surface area contributed by atoms with E-state index in [4.69, 9.17) is 5.11 Å². The zero-order chi connectivity index (χ0) is 12.7. The van der Waals surface area contributed by atoms with E-state index in [9.17, 15) is 9.59 Å². The molecule has 1 rings (SSSR count). The Balaban J connectivity index is 2.24. The van der Waals surface area contributed by atoms with E-state index in [1.165, 1.54) is 0 Å². The van der Waals surface area contributed by atoms with Crippen molar-refractivity contribution in [1.29, 1.82) is 0 Å². The Morgan fingerprint density at radius 1 is 1.29 bits per heavy atom. The number of nitrogens with one attached hydrogen (secondary N) is 1. The van der Waals surface area contributed by atoms with Crippen LogP contribution in [0.25, 0.3) is 0 Å². The molecule has 2 N–H and O–H groups in total. The third kappa shape index (κ3) is 5.15. The summed E-state index contributed by atoms with van der Waals surface area (Å²) < 4.78 is 0. The van der Waals surface area contributed by atoms with Gasteiger partial charge >= 0.3 is 5.97 Å². The number of carboxylic acids is 1. The molecule has 0 bridgehead atoms. The van der Waals surface area contributed by atoms with Gasteiger partial charge < -0.3 is 10.4 Å². The molecule has 1 atom stereocenters. The molecule has 1 amide bonds. The van der Waals surface area contributed by atoms with Gasteiger partial charge in [-0.3, -0.25) is 9.59 Å². The predicted octanol–water partition coefficient (Wildman–Crippen LogP) is 1.80. The summed E-state index contributed by atoms with van der Waals surface area (Å²) in [6.07, 6.45) is 0.621. The Morgan fingerprint density at radius 2 is 1.94 bits per heavy atom. The van der Waals surface area contributed by atoms with E-state index in [0.717, 1.165) is 5.56 Å². The van der Waals surface area contributed by atoms with Crippen molar-refractivity contribution in [3.63, 3.8) is 0 Å². The van der Waals surface area contributed by atoms with E-state index in [2.05, 4.69) is 5.32 Å². The standard InChI is InChI=1S/C13H17NO3/c1-10(13(16)17)7-8-12(15)14-9-11-5-3-2-4-6-11/h2-6,10H,7-9H2,1H3,(H,14,15)(H,16,17). The Hall–Kier alpha value is -1.84. The average Bonchev–Trinajstić information content (AvgIpc) is 2.34. The Bertz CT molecular complexity index is 376. The zero-order valence-corrected chi connectivity index (χ0v) is 9.85. The van der Waals surface area contributed by atoms with Crippen molar-refractivity contribution in [1.82, 2.24) is 5.32 Å². The van der Waals surface area contributed by atoms with E-state index >= 15 is 0 Å². The highest BCUT2D eigenvalue weighted by molar-refractivity contribution is 5.77. The highest BCUT2D eigenvalue weighted by atomic mass is 16.4. The molecule has 4 heteroatoms. The van der Waals surface area contributed by atoms with Gasteiger partial charge in [-0.2, -0.15) is 0 Å². The number of benzene rings is 1. The van der Waals surface area contributed by atoms with Crippen LogP contribution in [-0.4, -0.2) is 17.0 Å². The summed E-state index contributed by atoms with van der Waals surface area (Å²) in [6, 6.07) is 9.60. The number of hydrogen-bond acceptors (Lipinski definition) is 2. The summed E-state index contributed by atoms with van der Waals surface area (Å²) >= 11 is 0. The number of hydrogen-bond donors (Lipinski definition) is 2. The summed E-state index contributed by atoms with van der Waals surface area (Å²) in [6.45, 7) is 2.09. The minimum absolute atomic E-state index is 0.109. The molecule has 0 heterocycles. The number of rotatable bonds is 6. The first-order valence-corrected chi connectivity index (χ1v) is 5.63. The fourth-order valence-electron chi connectivity index (χ4n) is 1.36. The smallest absolute Gasteiger partial charge is 0.306 e. The summed E-state index contributed by atoms with van der Waals surface area (Å²) in [5.41, 5.74) is 1.03. The predicted molar refractivity (Wildman–Crippen MR) is 64.3 cm³/mol. The minimum Gasteiger partial charge on any atom is -0.481 e. The van der Waals surface area contributed by atoms with Gasteiger partial charge in [0.1, 0.15) is 0 Å². The third-order valence-corrected chi connectivity index (χ3v) is 2.56. The van der Waals surface area contributed by atoms with Crippen molar-refractivity contribution in [3.05, 3.63) is 35.9 Å². The van der Waals surface area contributed by atoms with Gasteiger partial charge in [0.25, 0.3) is 0 Å². The maximum absolute atomic E-state index is 11.4. The van der Waals surface area contributed by atoms with E-state index in [-0.39, 0.29) is 12.3 Å². The first kappa shape index (κ1) is 13.2. The van der Waals surface area contributed by atoms with Crippen LogP contribution in [0.2, 0.25) is 0 Å². The van der Waals surface area contributed by atoms with Crippen LogP contribution >= 0.6 is 0 Å². The first-order chi connectivity index (χ1) is 8.09. The molecule has 4 nitrogen and oxygen atoms in total. The number of carbonyl (C=O) groups is 2. The Kier molecular flexibility index (Phi) is 5.20. The number of aliphatic carboxylic acids is 1. The molecule has 0 aliphatic carbocycles. The van der Waals surface area contributed by atoms with Crippen LogP contribution in [0.15, 0.2) is 30.3 Å². The minimum atomic E-state index is -0.860. The molecule has 0 aromatic heterocycles. The maximum atomic E-state index is 11.4. The molecule has 0 fully saturated rings. The van der Waals surface area contributed by atoms with Crippen LogP contribution in [0.3, 0.4) is 0 Å². The average molecular weight is 235 g/mol. The lowest BCUT2D eigenvalue weighted by Gasteiger charge is -2.07. The van der Waals surface area contributed by atoms with Crippen LogP contribution in [0.5, 0.6) is 0 Å². The van der Waals surface area contributed by atoms with Crippen LogP contribution in [0.1, 0.15) is 25.3 Å². The SMILES string of the molecule is CC(CCC(=O)NCc1ccccc1)C(=O)O. The molecule has 0 saturated carbocycles. The van der Waals surface area contributed by atoms with Gasteiger partial charge in [-0.05, 0) is 12.0 Å². The van der Waals surface area contributed by atoms with Crippen LogP contribution < -0.4 is 5.32 Å². The Morgan fingerprint density at radius 3 is 2.53 bits per heavy atom. The number of carboxylic acid groups (broad SMARTS) is 1. The van der Waals surface area contributed by atoms with Crippen molar-refractivity contribution in [2.45, 2.75) is 26.3 Å². The highest BCUT2D eigenvalue weighted by Gasteiger charge is 2.12. The molecular formula is C13H17NO3. The fourth-order valence-corrected chi connectivity index (χ4v) is 1.36. The lowest BCUT2D eigenvalue weighted by Crippen LogP contribution is -2.23. The molecule has 0 saturated heterocycles. The molecule has 0 aliphatic rings. The van der Waals surface area contributed by atoms with Crippen molar-refractivity contribution in [3.8, 4) is 0 Å². The molecular weight excluding hydrogens is 218 g/mol. The van der Waals surface area contributed by atoms with Crippen molar-refractivity contribution >= 4 is 11.9 Å². The molecule has 1 aromatic rings. The largest absolute Gasteiger partial charge is 0.481 e. The first-order valence-electron chi connectivity index (χ1n) is 5.63. The summed E-state index contributed by atoms with van der Waals surface area (Å²) in [5.74, 6) is -1.44. The van der Waals surface area contributed by atoms with Gasteiger partial charge in [0.2, 0.25) is 5.91 Å². The van der Waals surface area contributed by atoms with E-state index in [1.54, 1.807) is 6.92 Å². The van der Waals surface area contributed by atoms with E-state index in [1.807, 2.05) is 30.3 Å². The Labute approximate surface area is 101 Å². The van der Waals surface area contributed by atoms with Crippen LogP contribution in [-0.2, 0) is 16.1 Å². The highest BCUT2D eigenvalue weighted by Crippen LogP contribution is 2.05. The third-order valence-electron chi connectivity index (χ3n) is 2.56. The van der Waals surface area contributed by atoms with Gasteiger partial charge in [0.15, 0.2) is 0 Å². The van der Waals surface area contributed by atoms with E-state index < -0.39 is 11.9 Å². The lowest BCUT2D eigenvalue weighted by atomic mass is 10.1. The topological polar surface area (TPSA) is 66.4 Å². The fraction of sp³-hybridized carbons (Fsp3) is 0.385. The normalized spacial score (nSPS) is 11.8. The zero-order valence-electron chi connectivity index (χ0n) is 9.85. The lowest BCUT2D eigenvalue weighted by molar-refractivity contribution is -0.141. The number of carbonyl (C=O) groups excluding carboxylic acids is 1. The quantitative estimate of drug-likeness (QED) is 0.790.